The van der Waals surface area contributed by atoms with E-state index in [0.717, 1.165) is 17.2 Å². The molecule has 0 radical (unpaired) electrons. The number of benzene rings is 1. The monoisotopic (exact) mass is 391 g/mol. The number of nitrogens with zero attached hydrogens (tertiary/aromatic N) is 5. The van der Waals surface area contributed by atoms with Crippen LogP contribution in [0.15, 0.2) is 48.8 Å². The van der Waals surface area contributed by atoms with E-state index >= 15 is 0 Å². The van der Waals surface area contributed by atoms with Gasteiger partial charge in [-0.25, -0.2) is 9.75 Å². The molecule has 0 aliphatic heterocycles. The summed E-state index contributed by atoms with van der Waals surface area (Å²) in [5.41, 5.74) is 0.489. The molecular formula is C18H16F3N5O2. The Bertz CT molecular complexity index is 973. The average Bonchev–Trinajstić information content (AvgIpc) is 3.10. The minimum atomic E-state index is -4.45. The predicted octanol–water partition coefficient (Wildman–Crippen LogP) is 3.04. The number of halogens is 3. The summed E-state index contributed by atoms with van der Waals surface area (Å²) < 4.78 is 40.3. The van der Waals surface area contributed by atoms with Crippen molar-refractivity contribution in [2.75, 3.05) is 14.2 Å². The van der Waals surface area contributed by atoms with Crippen LogP contribution in [0.1, 0.15) is 21.6 Å². The summed E-state index contributed by atoms with van der Waals surface area (Å²) in [5, 5.41) is 8.88. The topological polar surface area (TPSA) is 73.1 Å². The van der Waals surface area contributed by atoms with Crippen LogP contribution < -0.4 is 0 Å². The van der Waals surface area contributed by atoms with Crippen LogP contribution >= 0.6 is 0 Å². The highest BCUT2D eigenvalue weighted by Gasteiger charge is 2.30. The average molecular weight is 391 g/mol. The first-order chi connectivity index (χ1) is 13.3. The number of hydrogen-bond acceptors (Lipinski definition) is 5. The van der Waals surface area contributed by atoms with Gasteiger partial charge in [0.2, 0.25) is 0 Å². The van der Waals surface area contributed by atoms with Crippen LogP contribution in [0.25, 0.3) is 11.3 Å². The van der Waals surface area contributed by atoms with E-state index in [0.29, 0.717) is 16.8 Å². The summed E-state index contributed by atoms with van der Waals surface area (Å²) in [6.07, 6.45) is -1.37. The number of carbonyl (C=O) groups is 1. The molecular weight excluding hydrogens is 375 g/mol. The first-order valence-corrected chi connectivity index (χ1v) is 8.13. The molecule has 3 rings (SSSR count). The van der Waals surface area contributed by atoms with Crippen LogP contribution in [0, 0.1) is 0 Å². The van der Waals surface area contributed by atoms with Gasteiger partial charge in [-0.1, -0.05) is 17.3 Å². The van der Waals surface area contributed by atoms with Crippen LogP contribution in [0.4, 0.5) is 13.2 Å². The van der Waals surface area contributed by atoms with Crippen LogP contribution in [0.3, 0.4) is 0 Å². The van der Waals surface area contributed by atoms with Crippen molar-refractivity contribution in [2.24, 2.45) is 0 Å². The first-order valence-electron chi connectivity index (χ1n) is 8.13. The van der Waals surface area contributed by atoms with Gasteiger partial charge in [-0.2, -0.15) is 13.2 Å². The van der Waals surface area contributed by atoms with E-state index in [4.69, 9.17) is 4.84 Å². The zero-order chi connectivity index (χ0) is 20.3. The Hall–Kier alpha value is -3.27. The Morgan fingerprint density at radius 3 is 2.68 bits per heavy atom. The summed E-state index contributed by atoms with van der Waals surface area (Å²) in [5.74, 6) is -0.545. The fourth-order valence-corrected chi connectivity index (χ4v) is 2.61. The largest absolute Gasteiger partial charge is 0.416 e. The lowest BCUT2D eigenvalue weighted by Gasteiger charge is -2.14. The number of hydrogen-bond donors (Lipinski definition) is 0. The van der Waals surface area contributed by atoms with Gasteiger partial charge in [-0.15, -0.1) is 5.10 Å². The molecule has 146 valence electrons. The number of hydroxylamine groups is 2. The van der Waals surface area contributed by atoms with Crippen molar-refractivity contribution in [3.8, 4) is 11.3 Å². The van der Waals surface area contributed by atoms with Crippen molar-refractivity contribution in [1.82, 2.24) is 25.0 Å². The number of rotatable bonds is 5. The Balaban J connectivity index is 2.05. The smallest absolute Gasteiger partial charge is 0.274 e. The fraction of sp³-hybridized carbons (Fsp3) is 0.222. The summed E-state index contributed by atoms with van der Waals surface area (Å²) in [6.45, 7) is -0.00881. The van der Waals surface area contributed by atoms with Gasteiger partial charge < -0.3 is 0 Å². The van der Waals surface area contributed by atoms with Crippen molar-refractivity contribution < 1.29 is 22.8 Å². The van der Waals surface area contributed by atoms with Gasteiger partial charge in [0.1, 0.15) is 5.69 Å². The Kier molecular flexibility index (Phi) is 5.41. The normalized spacial score (nSPS) is 11.5. The van der Waals surface area contributed by atoms with E-state index in [2.05, 4.69) is 15.3 Å². The minimum Gasteiger partial charge on any atom is -0.274 e. The predicted molar refractivity (Wildman–Crippen MR) is 92.9 cm³/mol. The van der Waals surface area contributed by atoms with Gasteiger partial charge in [0.15, 0.2) is 5.69 Å². The Labute approximate surface area is 158 Å². The second-order valence-electron chi connectivity index (χ2n) is 5.87. The molecule has 1 aromatic carbocycles. The molecule has 0 fully saturated rings. The molecule has 0 unspecified atom stereocenters. The lowest BCUT2D eigenvalue weighted by molar-refractivity contribution is -0.137. The van der Waals surface area contributed by atoms with Gasteiger partial charge >= 0.3 is 6.18 Å². The van der Waals surface area contributed by atoms with Crippen molar-refractivity contribution in [2.45, 2.75) is 12.7 Å². The van der Waals surface area contributed by atoms with E-state index < -0.39 is 17.6 Å². The van der Waals surface area contributed by atoms with E-state index in [-0.39, 0.29) is 12.2 Å². The second kappa shape index (κ2) is 7.77. The van der Waals surface area contributed by atoms with E-state index in [1.165, 1.54) is 31.1 Å². The lowest BCUT2D eigenvalue weighted by Crippen LogP contribution is -2.26. The molecule has 0 bridgehead atoms. The van der Waals surface area contributed by atoms with Crippen molar-refractivity contribution in [3.05, 3.63) is 65.6 Å². The summed E-state index contributed by atoms with van der Waals surface area (Å²) >= 11 is 0. The second-order valence-corrected chi connectivity index (χ2v) is 5.87. The minimum absolute atomic E-state index is 0.00401. The molecule has 10 heteroatoms. The third-order valence-electron chi connectivity index (χ3n) is 4.02. The number of pyridine rings is 1. The summed E-state index contributed by atoms with van der Waals surface area (Å²) in [7, 11) is 2.75. The molecule has 3 aromatic rings. The number of alkyl halides is 3. The molecule has 0 N–H and O–H groups in total. The molecule has 2 aromatic heterocycles. The van der Waals surface area contributed by atoms with Crippen molar-refractivity contribution in [1.29, 1.82) is 0 Å². The van der Waals surface area contributed by atoms with Crippen molar-refractivity contribution >= 4 is 5.91 Å². The zero-order valence-corrected chi connectivity index (χ0v) is 15.0. The molecule has 0 atom stereocenters. The molecule has 28 heavy (non-hydrogen) atoms. The highest BCUT2D eigenvalue weighted by molar-refractivity contribution is 5.97. The van der Waals surface area contributed by atoms with E-state index in [1.807, 2.05) is 0 Å². The Morgan fingerprint density at radius 1 is 1.25 bits per heavy atom. The maximum absolute atomic E-state index is 13.0. The van der Waals surface area contributed by atoms with E-state index in [9.17, 15) is 18.0 Å². The van der Waals surface area contributed by atoms with Crippen LogP contribution in [-0.2, 0) is 17.6 Å². The third-order valence-corrected chi connectivity index (χ3v) is 4.02. The van der Waals surface area contributed by atoms with Gasteiger partial charge in [0.05, 0.1) is 19.2 Å². The van der Waals surface area contributed by atoms with Gasteiger partial charge in [-0.05, 0) is 29.8 Å². The highest BCUT2D eigenvalue weighted by Crippen LogP contribution is 2.30. The number of carbonyl (C=O) groups excluding carboxylic acids is 1. The standard InChI is InChI=1S/C18H16F3N5O2/c1-25(28-2)17(27)15-16(13-6-4-8-22-10-13)26(24-23-15)11-12-5-3-7-14(9-12)18(19,20)21/h3-10H,11H2,1-2H3. The van der Waals surface area contributed by atoms with Gasteiger partial charge in [0.25, 0.3) is 5.91 Å². The van der Waals surface area contributed by atoms with Crippen LogP contribution in [0.2, 0.25) is 0 Å². The van der Waals surface area contributed by atoms with Crippen molar-refractivity contribution in [3.63, 3.8) is 0 Å². The molecule has 7 nitrogen and oxygen atoms in total. The number of amides is 1. The maximum Gasteiger partial charge on any atom is 0.416 e. The Morgan fingerprint density at radius 2 is 2.04 bits per heavy atom. The molecule has 0 aliphatic rings. The summed E-state index contributed by atoms with van der Waals surface area (Å²) in [4.78, 5) is 21.5. The van der Waals surface area contributed by atoms with Crippen LogP contribution in [-0.4, -0.2) is 45.1 Å². The first kappa shape index (κ1) is 19.5. The molecule has 0 saturated carbocycles. The molecule has 0 saturated heterocycles. The van der Waals surface area contributed by atoms with Gasteiger partial charge in [0, 0.05) is 25.0 Å². The van der Waals surface area contributed by atoms with E-state index in [1.54, 1.807) is 24.4 Å². The lowest BCUT2D eigenvalue weighted by atomic mass is 10.1. The fourth-order valence-electron chi connectivity index (χ4n) is 2.61. The molecule has 2 heterocycles. The maximum atomic E-state index is 13.0. The van der Waals surface area contributed by atoms with Gasteiger partial charge in [-0.3, -0.25) is 14.6 Å². The zero-order valence-electron chi connectivity index (χ0n) is 15.0. The molecule has 1 amide bonds. The quantitative estimate of drug-likeness (QED) is 0.625. The SMILES string of the molecule is CON(C)C(=O)c1nnn(Cc2cccc(C(F)(F)F)c2)c1-c1cccnc1. The summed E-state index contributed by atoms with van der Waals surface area (Å²) in [6, 6.07) is 8.28. The molecule has 0 aliphatic carbocycles. The third kappa shape index (κ3) is 4.01. The van der Waals surface area contributed by atoms with Crippen LogP contribution in [0.5, 0.6) is 0 Å². The number of aromatic nitrogens is 4. The molecule has 0 spiro atoms. The highest BCUT2D eigenvalue weighted by atomic mass is 19.4.